The molecule has 2 aromatic heterocycles. The molecule has 0 aliphatic carbocycles. The van der Waals surface area contributed by atoms with Gasteiger partial charge >= 0.3 is 0 Å². The minimum absolute atomic E-state index is 0.159. The van der Waals surface area contributed by atoms with Crippen LogP contribution < -0.4 is 5.32 Å². The number of hydrogen-bond acceptors (Lipinski definition) is 6. The molecule has 0 atom stereocenters. The van der Waals surface area contributed by atoms with Gasteiger partial charge in [-0.25, -0.2) is 4.68 Å². The molecule has 3 rings (SSSR count). The number of rotatable bonds is 6. The molecular formula is C15H16ClN7OS. The average Bonchev–Trinajstić information content (AvgIpc) is 3.21. The van der Waals surface area contributed by atoms with Crippen LogP contribution in [0.25, 0.3) is 5.69 Å². The molecule has 8 nitrogen and oxygen atoms in total. The highest BCUT2D eigenvalue weighted by molar-refractivity contribution is 7.99. The third-order valence-electron chi connectivity index (χ3n) is 3.25. The number of thioether (sulfide) groups is 1. The highest BCUT2D eigenvalue weighted by atomic mass is 35.5. The van der Waals surface area contributed by atoms with E-state index in [1.165, 1.54) is 11.8 Å². The topological polar surface area (TPSA) is 90.5 Å². The van der Waals surface area contributed by atoms with Gasteiger partial charge in [-0.2, -0.15) is 9.78 Å². The van der Waals surface area contributed by atoms with Crippen LogP contribution in [0.1, 0.15) is 19.9 Å². The van der Waals surface area contributed by atoms with Crippen molar-refractivity contribution in [3.05, 3.63) is 41.6 Å². The molecule has 25 heavy (non-hydrogen) atoms. The summed E-state index contributed by atoms with van der Waals surface area (Å²) in [5.41, 5.74) is 0.735. The van der Waals surface area contributed by atoms with E-state index in [0.29, 0.717) is 16.0 Å². The van der Waals surface area contributed by atoms with Crippen LogP contribution in [0.2, 0.25) is 5.02 Å². The fraction of sp³-hybridized carbons (Fsp3) is 0.267. The van der Waals surface area contributed by atoms with Crippen molar-refractivity contribution in [1.82, 2.24) is 30.0 Å². The molecule has 130 valence electrons. The number of aromatic nitrogens is 6. The number of anilines is 1. The lowest BCUT2D eigenvalue weighted by Crippen LogP contribution is -2.18. The second-order valence-electron chi connectivity index (χ2n) is 5.44. The summed E-state index contributed by atoms with van der Waals surface area (Å²) in [4.78, 5) is 12.2. The number of tetrazole rings is 1. The van der Waals surface area contributed by atoms with E-state index in [9.17, 15) is 4.79 Å². The van der Waals surface area contributed by atoms with Crippen LogP contribution in [0.4, 0.5) is 5.82 Å². The van der Waals surface area contributed by atoms with Gasteiger partial charge in [-0.05, 0) is 42.5 Å². The SMILES string of the molecule is CC(C)n1nccc1NC(=O)CSc1nnnn1-c1cccc(Cl)c1. The number of carbonyl (C=O) groups excluding carboxylic acids is 1. The van der Waals surface area contributed by atoms with Crippen molar-refractivity contribution in [2.75, 3.05) is 11.1 Å². The number of hydrogen-bond donors (Lipinski definition) is 1. The van der Waals surface area contributed by atoms with Gasteiger partial charge in [0.25, 0.3) is 0 Å². The van der Waals surface area contributed by atoms with Gasteiger partial charge in [0.05, 0.1) is 17.6 Å². The van der Waals surface area contributed by atoms with Gasteiger partial charge in [-0.3, -0.25) is 4.79 Å². The molecule has 0 bridgehead atoms. The molecular weight excluding hydrogens is 362 g/mol. The second-order valence-corrected chi connectivity index (χ2v) is 6.82. The van der Waals surface area contributed by atoms with Crippen LogP contribution in [0.15, 0.2) is 41.7 Å². The predicted octanol–water partition coefficient (Wildman–Crippen LogP) is 2.82. The number of carbonyl (C=O) groups is 1. The molecule has 1 N–H and O–H groups in total. The second kappa shape index (κ2) is 7.66. The lowest BCUT2D eigenvalue weighted by Gasteiger charge is -2.11. The van der Waals surface area contributed by atoms with E-state index in [2.05, 4.69) is 25.9 Å². The van der Waals surface area contributed by atoms with E-state index < -0.39 is 0 Å². The molecule has 0 spiro atoms. The van der Waals surface area contributed by atoms with E-state index in [0.717, 1.165) is 5.69 Å². The molecule has 0 aliphatic rings. The van der Waals surface area contributed by atoms with Crippen molar-refractivity contribution < 1.29 is 4.79 Å². The van der Waals surface area contributed by atoms with E-state index in [1.54, 1.807) is 33.8 Å². The fourth-order valence-corrected chi connectivity index (χ4v) is 3.05. The molecule has 0 unspecified atom stereocenters. The van der Waals surface area contributed by atoms with E-state index >= 15 is 0 Å². The summed E-state index contributed by atoms with van der Waals surface area (Å²) in [7, 11) is 0. The number of benzene rings is 1. The summed E-state index contributed by atoms with van der Waals surface area (Å²) < 4.78 is 3.29. The zero-order chi connectivity index (χ0) is 17.8. The highest BCUT2D eigenvalue weighted by Gasteiger charge is 2.14. The fourth-order valence-electron chi connectivity index (χ4n) is 2.17. The van der Waals surface area contributed by atoms with Crippen LogP contribution in [0, 0.1) is 0 Å². The quantitative estimate of drug-likeness (QED) is 0.664. The Bertz CT molecular complexity index is 876. The van der Waals surface area contributed by atoms with Crippen molar-refractivity contribution in [1.29, 1.82) is 0 Å². The number of nitrogens with zero attached hydrogens (tertiary/aromatic N) is 6. The normalized spacial score (nSPS) is 11.0. The Morgan fingerprint density at radius 3 is 2.96 bits per heavy atom. The van der Waals surface area contributed by atoms with Crippen molar-refractivity contribution in [3.8, 4) is 5.69 Å². The summed E-state index contributed by atoms with van der Waals surface area (Å²) in [6.45, 7) is 3.99. The van der Waals surface area contributed by atoms with Gasteiger partial charge in [0.15, 0.2) is 0 Å². The summed E-state index contributed by atoms with van der Waals surface area (Å²) in [5, 5.41) is 19.7. The lowest BCUT2D eigenvalue weighted by atomic mass is 10.3. The maximum atomic E-state index is 12.2. The maximum Gasteiger partial charge on any atom is 0.235 e. The lowest BCUT2D eigenvalue weighted by molar-refractivity contribution is -0.113. The Balaban J connectivity index is 1.65. The summed E-state index contributed by atoms with van der Waals surface area (Å²) >= 11 is 7.24. The molecule has 0 saturated heterocycles. The summed E-state index contributed by atoms with van der Waals surface area (Å²) in [5.74, 6) is 0.674. The first-order valence-electron chi connectivity index (χ1n) is 7.55. The van der Waals surface area contributed by atoms with Gasteiger partial charge in [-0.1, -0.05) is 29.4 Å². The number of halogens is 1. The first kappa shape index (κ1) is 17.4. The van der Waals surface area contributed by atoms with Crippen molar-refractivity contribution in [3.63, 3.8) is 0 Å². The Morgan fingerprint density at radius 1 is 1.36 bits per heavy atom. The summed E-state index contributed by atoms with van der Waals surface area (Å²) in [6.07, 6.45) is 1.66. The Labute approximate surface area is 153 Å². The zero-order valence-electron chi connectivity index (χ0n) is 13.6. The highest BCUT2D eigenvalue weighted by Crippen LogP contribution is 2.21. The van der Waals surface area contributed by atoms with E-state index in [4.69, 9.17) is 11.6 Å². The minimum Gasteiger partial charge on any atom is -0.310 e. The molecule has 10 heteroatoms. The molecule has 2 heterocycles. The van der Waals surface area contributed by atoms with Crippen LogP contribution in [0.5, 0.6) is 0 Å². The van der Waals surface area contributed by atoms with Gasteiger partial charge in [-0.15, -0.1) is 5.10 Å². The first-order valence-corrected chi connectivity index (χ1v) is 8.91. The predicted molar refractivity (Wildman–Crippen MR) is 96.1 cm³/mol. The minimum atomic E-state index is -0.159. The molecule has 1 aromatic carbocycles. The third-order valence-corrected chi connectivity index (χ3v) is 4.41. The molecule has 1 amide bonds. The molecule has 0 saturated carbocycles. The number of amides is 1. The zero-order valence-corrected chi connectivity index (χ0v) is 15.2. The van der Waals surface area contributed by atoms with E-state index in [1.807, 2.05) is 26.0 Å². The van der Waals surface area contributed by atoms with Gasteiger partial charge in [0.1, 0.15) is 5.82 Å². The maximum absolute atomic E-state index is 12.2. The van der Waals surface area contributed by atoms with Crippen LogP contribution in [0.3, 0.4) is 0 Å². The third kappa shape index (κ3) is 4.18. The molecule has 0 aliphatic heterocycles. The Morgan fingerprint density at radius 2 is 2.20 bits per heavy atom. The van der Waals surface area contributed by atoms with Gasteiger partial charge < -0.3 is 5.32 Å². The Kier molecular flexibility index (Phi) is 5.34. The monoisotopic (exact) mass is 377 g/mol. The standard InChI is InChI=1S/C15H16ClN7OS/c1-10(2)22-13(6-7-17-22)18-14(24)9-25-15-19-20-21-23(15)12-5-3-4-11(16)8-12/h3-8,10H,9H2,1-2H3,(H,18,24). The number of nitrogens with one attached hydrogen (secondary N) is 1. The van der Waals surface area contributed by atoms with Crippen LogP contribution in [-0.2, 0) is 4.79 Å². The van der Waals surface area contributed by atoms with Crippen LogP contribution in [-0.4, -0.2) is 41.6 Å². The Hall–Kier alpha value is -2.39. The van der Waals surface area contributed by atoms with Crippen molar-refractivity contribution >= 4 is 35.1 Å². The van der Waals surface area contributed by atoms with Crippen molar-refractivity contribution in [2.24, 2.45) is 0 Å². The van der Waals surface area contributed by atoms with Gasteiger partial charge in [0.2, 0.25) is 11.1 Å². The smallest absolute Gasteiger partial charge is 0.235 e. The van der Waals surface area contributed by atoms with Crippen LogP contribution >= 0.6 is 23.4 Å². The molecule has 3 aromatic rings. The molecule has 0 fully saturated rings. The summed E-state index contributed by atoms with van der Waals surface area (Å²) in [6, 6.07) is 9.10. The van der Waals surface area contributed by atoms with E-state index in [-0.39, 0.29) is 17.7 Å². The largest absolute Gasteiger partial charge is 0.310 e. The average molecular weight is 378 g/mol. The first-order chi connectivity index (χ1) is 12.0. The molecule has 0 radical (unpaired) electrons. The van der Waals surface area contributed by atoms with Crippen molar-refractivity contribution in [2.45, 2.75) is 25.0 Å². The van der Waals surface area contributed by atoms with Gasteiger partial charge in [0, 0.05) is 17.1 Å².